The Labute approximate surface area is 230 Å². The maximum atomic E-state index is 5.06. The molecule has 0 saturated carbocycles. The second kappa shape index (κ2) is 13.0. The average Bonchev–Trinajstić information content (AvgIpc) is 2.95. The number of aromatic nitrogens is 2. The summed E-state index contributed by atoms with van der Waals surface area (Å²) in [5, 5.41) is 0. The van der Waals surface area contributed by atoms with E-state index >= 15 is 0 Å². The topological polar surface area (TPSA) is 25.8 Å². The van der Waals surface area contributed by atoms with Gasteiger partial charge in [0.05, 0.1) is 11.4 Å². The zero-order valence-corrected chi connectivity index (χ0v) is 24.1. The minimum atomic E-state index is 0.177. The third-order valence-electron chi connectivity index (χ3n) is 7.72. The lowest BCUT2D eigenvalue weighted by Gasteiger charge is -2.25. The van der Waals surface area contributed by atoms with E-state index in [1.165, 1.54) is 61.6 Å². The summed E-state index contributed by atoms with van der Waals surface area (Å²) in [6.45, 7) is 11.3. The molecule has 0 saturated heterocycles. The van der Waals surface area contributed by atoms with Gasteiger partial charge in [0, 0.05) is 16.7 Å². The van der Waals surface area contributed by atoms with E-state index in [2.05, 4.69) is 113 Å². The van der Waals surface area contributed by atoms with Gasteiger partial charge in [0.25, 0.3) is 0 Å². The van der Waals surface area contributed by atoms with E-state index in [0.717, 1.165) is 40.3 Å². The van der Waals surface area contributed by atoms with Crippen LogP contribution in [0.4, 0.5) is 0 Å². The van der Waals surface area contributed by atoms with Gasteiger partial charge in [0.15, 0.2) is 5.82 Å². The van der Waals surface area contributed by atoms with Crippen molar-refractivity contribution < 1.29 is 0 Å². The van der Waals surface area contributed by atoms with Crippen molar-refractivity contribution in [1.29, 1.82) is 0 Å². The summed E-state index contributed by atoms with van der Waals surface area (Å²) >= 11 is 0. The van der Waals surface area contributed by atoms with Crippen LogP contribution in [-0.2, 0) is 11.8 Å². The lowest BCUT2D eigenvalue weighted by atomic mass is 9.80. The van der Waals surface area contributed by atoms with Crippen molar-refractivity contribution in [1.82, 2.24) is 9.97 Å². The number of rotatable bonds is 12. The number of nitrogens with zero attached hydrogens (tertiary/aromatic N) is 2. The maximum Gasteiger partial charge on any atom is 0.160 e. The average molecular weight is 505 g/mol. The molecule has 0 unspecified atom stereocenters. The Morgan fingerprint density at radius 2 is 1.16 bits per heavy atom. The van der Waals surface area contributed by atoms with Crippen LogP contribution in [0.25, 0.3) is 33.9 Å². The summed E-state index contributed by atoms with van der Waals surface area (Å²) in [4.78, 5) is 10.1. The van der Waals surface area contributed by atoms with Gasteiger partial charge in [0.2, 0.25) is 0 Å². The molecule has 0 atom stereocenters. The fourth-order valence-electron chi connectivity index (χ4n) is 5.03. The van der Waals surface area contributed by atoms with Gasteiger partial charge in [0.1, 0.15) is 0 Å². The normalized spacial score (nSPS) is 11.6. The SMILES string of the molecule is CCCCCCc1ccc(-c2nc(-c3ccc(C)cc3)cc(-c3ccc(C(C)(C)CCCC)cc3)n2)cc1. The summed E-state index contributed by atoms with van der Waals surface area (Å²) in [7, 11) is 0. The summed E-state index contributed by atoms with van der Waals surface area (Å²) in [5.74, 6) is 0.781. The predicted octanol–water partition coefficient (Wildman–Crippen LogP) is 10.4. The molecule has 2 nitrogen and oxygen atoms in total. The fourth-order valence-corrected chi connectivity index (χ4v) is 5.03. The third-order valence-corrected chi connectivity index (χ3v) is 7.72. The minimum absolute atomic E-state index is 0.177. The summed E-state index contributed by atoms with van der Waals surface area (Å²) < 4.78 is 0. The highest BCUT2D eigenvalue weighted by atomic mass is 14.9. The van der Waals surface area contributed by atoms with Crippen molar-refractivity contribution in [3.05, 3.63) is 95.6 Å². The molecule has 0 amide bonds. The largest absolute Gasteiger partial charge is 0.228 e. The molecule has 0 bridgehead atoms. The highest BCUT2D eigenvalue weighted by Crippen LogP contribution is 2.32. The first-order valence-electron chi connectivity index (χ1n) is 14.6. The molecule has 0 radical (unpaired) electrons. The van der Waals surface area contributed by atoms with Gasteiger partial charge in [-0.25, -0.2) is 9.97 Å². The quantitative estimate of drug-likeness (QED) is 0.179. The van der Waals surface area contributed by atoms with E-state index in [1.807, 2.05) is 0 Å². The molecule has 0 spiro atoms. The molecule has 198 valence electrons. The minimum Gasteiger partial charge on any atom is -0.228 e. The highest BCUT2D eigenvalue weighted by Gasteiger charge is 2.20. The van der Waals surface area contributed by atoms with Gasteiger partial charge in [-0.05, 0) is 48.8 Å². The first kappa shape index (κ1) is 27.8. The molecule has 4 rings (SSSR count). The molecule has 3 aromatic carbocycles. The van der Waals surface area contributed by atoms with E-state index < -0.39 is 0 Å². The number of unbranched alkanes of at least 4 members (excludes halogenated alkanes) is 4. The summed E-state index contributed by atoms with van der Waals surface area (Å²) in [5.41, 5.74) is 9.44. The van der Waals surface area contributed by atoms with Crippen LogP contribution in [0.1, 0.15) is 89.3 Å². The Morgan fingerprint density at radius 1 is 0.605 bits per heavy atom. The van der Waals surface area contributed by atoms with E-state index in [9.17, 15) is 0 Å². The summed E-state index contributed by atoms with van der Waals surface area (Å²) in [6, 6.07) is 28.6. The second-order valence-corrected chi connectivity index (χ2v) is 11.4. The van der Waals surface area contributed by atoms with Crippen molar-refractivity contribution in [2.75, 3.05) is 0 Å². The summed E-state index contributed by atoms with van der Waals surface area (Å²) in [6.07, 6.45) is 9.96. The van der Waals surface area contributed by atoms with Crippen LogP contribution in [0.5, 0.6) is 0 Å². The number of benzene rings is 3. The molecular formula is C36H44N2. The van der Waals surface area contributed by atoms with Gasteiger partial charge in [-0.15, -0.1) is 0 Å². The van der Waals surface area contributed by atoms with Gasteiger partial charge >= 0.3 is 0 Å². The van der Waals surface area contributed by atoms with Crippen LogP contribution in [0, 0.1) is 6.92 Å². The fraction of sp³-hybridized carbons (Fsp3) is 0.389. The molecule has 4 aromatic rings. The van der Waals surface area contributed by atoms with Crippen molar-refractivity contribution in [2.45, 2.75) is 91.4 Å². The van der Waals surface area contributed by atoms with Crippen molar-refractivity contribution >= 4 is 0 Å². The number of aryl methyl sites for hydroxylation is 2. The molecule has 0 N–H and O–H groups in total. The Kier molecular flexibility index (Phi) is 9.50. The Bertz CT molecular complexity index is 1280. The van der Waals surface area contributed by atoms with Crippen LogP contribution < -0.4 is 0 Å². The molecule has 2 heteroatoms. The smallest absolute Gasteiger partial charge is 0.160 e. The van der Waals surface area contributed by atoms with Crippen molar-refractivity contribution in [3.8, 4) is 33.9 Å². The van der Waals surface area contributed by atoms with Crippen molar-refractivity contribution in [3.63, 3.8) is 0 Å². The first-order valence-corrected chi connectivity index (χ1v) is 14.6. The van der Waals surface area contributed by atoms with Gasteiger partial charge in [-0.2, -0.15) is 0 Å². The van der Waals surface area contributed by atoms with Crippen LogP contribution in [0.3, 0.4) is 0 Å². The lowest BCUT2D eigenvalue weighted by Crippen LogP contribution is -2.16. The molecule has 38 heavy (non-hydrogen) atoms. The van der Waals surface area contributed by atoms with Crippen LogP contribution in [-0.4, -0.2) is 9.97 Å². The standard InChI is InChI=1S/C36H44N2/c1-6-8-10-11-12-28-15-19-31(20-16-28)35-37-33(29-17-13-27(3)14-18-29)26-34(38-35)30-21-23-32(24-22-30)36(4,5)25-9-7-2/h13-24,26H,6-12,25H2,1-5H3. The molecular weight excluding hydrogens is 460 g/mol. The second-order valence-electron chi connectivity index (χ2n) is 11.4. The molecule has 0 aliphatic heterocycles. The predicted molar refractivity (Wildman–Crippen MR) is 163 cm³/mol. The lowest BCUT2D eigenvalue weighted by molar-refractivity contribution is 0.458. The van der Waals surface area contributed by atoms with E-state index in [0.29, 0.717) is 0 Å². The van der Waals surface area contributed by atoms with E-state index in [1.54, 1.807) is 0 Å². The number of hydrogen-bond donors (Lipinski definition) is 0. The molecule has 0 aliphatic carbocycles. The Balaban J connectivity index is 1.67. The van der Waals surface area contributed by atoms with Crippen LogP contribution in [0.2, 0.25) is 0 Å². The van der Waals surface area contributed by atoms with Gasteiger partial charge in [-0.1, -0.05) is 138 Å². The molecule has 1 heterocycles. The van der Waals surface area contributed by atoms with Gasteiger partial charge < -0.3 is 0 Å². The molecule has 0 aliphatic rings. The molecule has 1 aromatic heterocycles. The zero-order chi connectivity index (χ0) is 27.0. The van der Waals surface area contributed by atoms with E-state index in [-0.39, 0.29) is 5.41 Å². The monoisotopic (exact) mass is 504 g/mol. The Hall–Kier alpha value is -3.26. The van der Waals surface area contributed by atoms with Crippen LogP contribution >= 0.6 is 0 Å². The maximum absolute atomic E-state index is 5.06. The Morgan fingerprint density at radius 3 is 1.74 bits per heavy atom. The zero-order valence-electron chi connectivity index (χ0n) is 24.1. The molecule has 0 fully saturated rings. The number of hydrogen-bond acceptors (Lipinski definition) is 2. The highest BCUT2D eigenvalue weighted by molar-refractivity contribution is 5.72. The van der Waals surface area contributed by atoms with E-state index in [4.69, 9.17) is 9.97 Å². The third kappa shape index (κ3) is 7.19. The van der Waals surface area contributed by atoms with Crippen molar-refractivity contribution in [2.24, 2.45) is 0 Å². The van der Waals surface area contributed by atoms with Crippen LogP contribution in [0.15, 0.2) is 78.9 Å². The van der Waals surface area contributed by atoms with Gasteiger partial charge in [-0.3, -0.25) is 0 Å². The first-order chi connectivity index (χ1) is 18.4.